The topological polar surface area (TPSA) is 92.3 Å². The summed E-state index contributed by atoms with van der Waals surface area (Å²) in [5.41, 5.74) is 1.91. The SMILES string of the molecule is Cc1cccc(N(C)S(=O)(=O)c2nnc(NC(=O)c3ccccc3)s2)c1. The highest BCUT2D eigenvalue weighted by Crippen LogP contribution is 2.27. The van der Waals surface area contributed by atoms with Crippen molar-refractivity contribution in [3.63, 3.8) is 0 Å². The highest BCUT2D eigenvalue weighted by atomic mass is 32.2. The van der Waals surface area contributed by atoms with Crippen LogP contribution in [0.5, 0.6) is 0 Å². The van der Waals surface area contributed by atoms with Gasteiger partial charge in [-0.25, -0.2) is 0 Å². The lowest BCUT2D eigenvalue weighted by molar-refractivity contribution is 0.102. The smallest absolute Gasteiger partial charge is 0.293 e. The van der Waals surface area contributed by atoms with Crippen LogP contribution in [0.1, 0.15) is 15.9 Å². The van der Waals surface area contributed by atoms with E-state index in [1.165, 1.54) is 7.05 Å². The molecule has 3 rings (SSSR count). The molecular weight excluding hydrogens is 372 g/mol. The summed E-state index contributed by atoms with van der Waals surface area (Å²) in [6.45, 7) is 1.88. The number of sulfonamides is 1. The zero-order valence-corrected chi connectivity index (χ0v) is 15.7. The molecule has 0 radical (unpaired) electrons. The summed E-state index contributed by atoms with van der Waals surface area (Å²) >= 11 is 0.806. The van der Waals surface area contributed by atoms with Gasteiger partial charge in [0.25, 0.3) is 20.3 Å². The van der Waals surface area contributed by atoms with E-state index in [4.69, 9.17) is 0 Å². The number of aryl methyl sites for hydroxylation is 1. The fourth-order valence-electron chi connectivity index (χ4n) is 2.20. The van der Waals surface area contributed by atoms with Crippen LogP contribution in [-0.2, 0) is 10.0 Å². The predicted molar refractivity (Wildman–Crippen MR) is 101 cm³/mol. The third-order valence-corrected chi connectivity index (χ3v) is 6.58. The number of amides is 1. The zero-order chi connectivity index (χ0) is 18.7. The molecule has 1 aromatic heterocycles. The second-order valence-corrected chi connectivity index (χ2v) is 8.63. The molecule has 9 heteroatoms. The molecule has 0 spiro atoms. The molecule has 0 aliphatic heterocycles. The molecule has 0 atom stereocenters. The summed E-state index contributed by atoms with van der Waals surface area (Å²) in [6, 6.07) is 15.7. The van der Waals surface area contributed by atoms with E-state index in [0.29, 0.717) is 11.3 Å². The van der Waals surface area contributed by atoms with Crippen molar-refractivity contribution < 1.29 is 13.2 Å². The van der Waals surface area contributed by atoms with E-state index >= 15 is 0 Å². The van der Waals surface area contributed by atoms with Crippen LogP contribution < -0.4 is 9.62 Å². The number of benzene rings is 2. The highest BCUT2D eigenvalue weighted by molar-refractivity contribution is 7.94. The van der Waals surface area contributed by atoms with E-state index in [0.717, 1.165) is 21.2 Å². The number of nitrogens with zero attached hydrogens (tertiary/aromatic N) is 3. The first-order chi connectivity index (χ1) is 12.4. The molecule has 0 bridgehead atoms. The highest BCUT2D eigenvalue weighted by Gasteiger charge is 2.26. The van der Waals surface area contributed by atoms with Crippen molar-refractivity contribution in [3.05, 3.63) is 65.7 Å². The van der Waals surface area contributed by atoms with Crippen molar-refractivity contribution in [2.24, 2.45) is 0 Å². The third-order valence-electron chi connectivity index (χ3n) is 3.61. The monoisotopic (exact) mass is 388 g/mol. The van der Waals surface area contributed by atoms with E-state index in [1.807, 2.05) is 13.0 Å². The van der Waals surface area contributed by atoms with Crippen LogP contribution in [0.2, 0.25) is 0 Å². The third kappa shape index (κ3) is 3.73. The summed E-state index contributed by atoms with van der Waals surface area (Å²) < 4.78 is 26.4. The molecule has 0 aliphatic rings. The number of rotatable bonds is 5. The Morgan fingerprint density at radius 2 is 1.81 bits per heavy atom. The van der Waals surface area contributed by atoms with Crippen LogP contribution in [0.4, 0.5) is 10.8 Å². The minimum absolute atomic E-state index is 0.120. The molecule has 134 valence electrons. The van der Waals surface area contributed by atoms with Gasteiger partial charge < -0.3 is 0 Å². The Morgan fingerprint density at radius 1 is 1.08 bits per heavy atom. The van der Waals surface area contributed by atoms with Crippen molar-refractivity contribution in [3.8, 4) is 0 Å². The lowest BCUT2D eigenvalue weighted by atomic mass is 10.2. The maximum atomic E-state index is 12.7. The molecule has 1 heterocycles. The quantitative estimate of drug-likeness (QED) is 0.679. The van der Waals surface area contributed by atoms with Crippen LogP contribution in [0, 0.1) is 6.92 Å². The fraction of sp³-hybridized carbons (Fsp3) is 0.118. The molecule has 2 aromatic carbocycles. The Balaban J connectivity index is 1.81. The Hall–Kier alpha value is -2.78. The second-order valence-electron chi connectivity index (χ2n) is 5.50. The lowest BCUT2D eigenvalue weighted by Gasteiger charge is -2.17. The maximum Gasteiger partial charge on any atom is 0.293 e. The van der Waals surface area contributed by atoms with Crippen molar-refractivity contribution in [2.45, 2.75) is 11.3 Å². The van der Waals surface area contributed by atoms with Gasteiger partial charge >= 0.3 is 0 Å². The number of hydrogen-bond donors (Lipinski definition) is 1. The van der Waals surface area contributed by atoms with Gasteiger partial charge in [0, 0.05) is 12.6 Å². The van der Waals surface area contributed by atoms with Crippen LogP contribution in [0.25, 0.3) is 0 Å². The summed E-state index contributed by atoms with van der Waals surface area (Å²) in [5.74, 6) is -0.377. The van der Waals surface area contributed by atoms with Gasteiger partial charge in [0.15, 0.2) is 0 Å². The zero-order valence-electron chi connectivity index (χ0n) is 14.1. The Morgan fingerprint density at radius 3 is 2.50 bits per heavy atom. The molecule has 0 fully saturated rings. The van der Waals surface area contributed by atoms with Crippen LogP contribution >= 0.6 is 11.3 Å². The van der Waals surface area contributed by atoms with Gasteiger partial charge in [0.1, 0.15) is 0 Å². The van der Waals surface area contributed by atoms with Crippen LogP contribution in [0.15, 0.2) is 58.9 Å². The maximum absolute atomic E-state index is 12.7. The molecule has 26 heavy (non-hydrogen) atoms. The number of carbonyl (C=O) groups is 1. The van der Waals surface area contributed by atoms with Crippen molar-refractivity contribution in [1.82, 2.24) is 10.2 Å². The van der Waals surface area contributed by atoms with E-state index < -0.39 is 10.0 Å². The normalized spacial score (nSPS) is 11.2. The van der Waals surface area contributed by atoms with Crippen molar-refractivity contribution >= 4 is 38.1 Å². The van der Waals surface area contributed by atoms with Crippen molar-refractivity contribution in [1.29, 1.82) is 0 Å². The van der Waals surface area contributed by atoms with Crippen molar-refractivity contribution in [2.75, 3.05) is 16.7 Å². The first-order valence-electron chi connectivity index (χ1n) is 7.63. The number of nitrogens with one attached hydrogen (secondary N) is 1. The first-order valence-corrected chi connectivity index (χ1v) is 9.89. The minimum atomic E-state index is -3.86. The summed E-state index contributed by atoms with van der Waals surface area (Å²) in [6.07, 6.45) is 0. The number of aromatic nitrogens is 2. The van der Waals surface area contributed by atoms with Gasteiger partial charge in [0.2, 0.25) is 5.13 Å². The molecule has 0 saturated heterocycles. The molecule has 0 unspecified atom stereocenters. The minimum Gasteiger partial charge on any atom is -0.296 e. The molecule has 7 nitrogen and oxygen atoms in total. The van der Waals surface area contributed by atoms with Gasteiger partial charge in [-0.2, -0.15) is 8.42 Å². The van der Waals surface area contributed by atoms with Crippen LogP contribution in [-0.4, -0.2) is 31.6 Å². The first kappa shape index (κ1) is 18.0. The molecule has 3 aromatic rings. The Bertz CT molecular complexity index is 1030. The van der Waals surface area contributed by atoms with Gasteiger partial charge in [-0.15, -0.1) is 10.2 Å². The van der Waals surface area contributed by atoms with Gasteiger partial charge in [-0.3, -0.25) is 14.4 Å². The number of hydrogen-bond acceptors (Lipinski definition) is 6. The van der Waals surface area contributed by atoms with E-state index in [1.54, 1.807) is 48.5 Å². The molecule has 1 N–H and O–H groups in total. The largest absolute Gasteiger partial charge is 0.296 e. The van der Waals surface area contributed by atoms with E-state index in [9.17, 15) is 13.2 Å². The summed E-state index contributed by atoms with van der Waals surface area (Å²) in [4.78, 5) is 12.1. The van der Waals surface area contributed by atoms with E-state index in [2.05, 4.69) is 15.5 Å². The fourth-order valence-corrected chi connectivity index (χ4v) is 4.44. The van der Waals surface area contributed by atoms with Gasteiger partial charge in [-0.1, -0.05) is 41.7 Å². The number of carbonyl (C=O) groups excluding carboxylic acids is 1. The molecule has 0 aliphatic carbocycles. The average Bonchev–Trinajstić information content (AvgIpc) is 3.11. The van der Waals surface area contributed by atoms with Gasteiger partial charge in [-0.05, 0) is 36.8 Å². The van der Waals surface area contributed by atoms with Crippen LogP contribution in [0.3, 0.4) is 0 Å². The average molecular weight is 388 g/mol. The standard InChI is InChI=1S/C17H16N4O3S2/c1-12-7-6-10-14(11-12)21(2)26(23,24)17-20-19-16(25-17)18-15(22)13-8-4-3-5-9-13/h3-11H,1-2H3,(H,18,19,22). The Labute approximate surface area is 155 Å². The summed E-state index contributed by atoms with van der Waals surface area (Å²) in [5, 5.41) is 10.2. The predicted octanol–water partition coefficient (Wildman–Crippen LogP) is 2.92. The summed E-state index contributed by atoms with van der Waals surface area (Å²) in [7, 11) is -2.41. The molecular formula is C17H16N4O3S2. The second kappa shape index (κ2) is 7.22. The van der Waals surface area contributed by atoms with Gasteiger partial charge in [0.05, 0.1) is 5.69 Å². The number of anilines is 2. The molecule has 1 amide bonds. The molecule has 0 saturated carbocycles. The van der Waals surface area contributed by atoms with E-state index in [-0.39, 0.29) is 15.4 Å². The lowest BCUT2D eigenvalue weighted by Crippen LogP contribution is -2.26. The Kier molecular flexibility index (Phi) is 5.01.